The highest BCUT2D eigenvalue weighted by Crippen LogP contribution is 2.60. The summed E-state index contributed by atoms with van der Waals surface area (Å²) in [4.78, 5) is 34.4. The Balaban J connectivity index is 0.983. The van der Waals surface area contributed by atoms with Gasteiger partial charge in [-0.05, 0) is 61.8 Å². The van der Waals surface area contributed by atoms with Crippen LogP contribution in [0.1, 0.15) is 55.8 Å². The maximum atomic E-state index is 13.6. The van der Waals surface area contributed by atoms with Gasteiger partial charge in [-0.3, -0.25) is 4.79 Å². The molecule has 4 bridgehead atoms. The number of urea groups is 1. The van der Waals surface area contributed by atoms with Crippen molar-refractivity contribution in [3.8, 4) is 0 Å². The molecule has 2 aromatic rings. The monoisotopic (exact) mass is 463 g/mol. The van der Waals surface area contributed by atoms with Crippen molar-refractivity contribution in [1.29, 1.82) is 0 Å². The number of rotatable bonds is 5. The van der Waals surface area contributed by atoms with Gasteiger partial charge in [-0.2, -0.15) is 4.98 Å². The predicted octanol–water partition coefficient (Wildman–Crippen LogP) is 3.23. The number of nitrogens with zero attached hydrogens (tertiary/aromatic N) is 4. The number of benzene rings is 1. The van der Waals surface area contributed by atoms with Crippen LogP contribution >= 0.6 is 0 Å². The fourth-order valence-electron chi connectivity index (χ4n) is 7.30. The Bertz CT molecular complexity index is 1010. The van der Waals surface area contributed by atoms with Gasteiger partial charge >= 0.3 is 6.03 Å². The maximum absolute atomic E-state index is 13.6. The molecular weight excluding hydrogens is 430 g/mol. The number of aromatic nitrogens is 2. The molecule has 2 heterocycles. The molecule has 4 aliphatic carbocycles. The van der Waals surface area contributed by atoms with E-state index in [-0.39, 0.29) is 18.0 Å². The van der Waals surface area contributed by atoms with E-state index >= 15 is 0 Å². The van der Waals surface area contributed by atoms with Gasteiger partial charge in [0.1, 0.15) is 0 Å². The normalized spacial score (nSPS) is 29.9. The third-order valence-corrected chi connectivity index (χ3v) is 8.45. The number of hydrogen-bond donors (Lipinski definition) is 1. The van der Waals surface area contributed by atoms with Gasteiger partial charge in [-0.25, -0.2) is 4.79 Å². The van der Waals surface area contributed by atoms with E-state index in [2.05, 4.69) is 15.5 Å². The van der Waals surface area contributed by atoms with E-state index in [9.17, 15) is 9.59 Å². The molecule has 0 spiro atoms. The molecule has 0 atom stereocenters. The summed E-state index contributed by atoms with van der Waals surface area (Å²) < 4.78 is 5.29. The quantitative estimate of drug-likeness (QED) is 0.735. The lowest BCUT2D eigenvalue weighted by Crippen LogP contribution is -2.59. The Kier molecular flexibility index (Phi) is 5.54. The van der Waals surface area contributed by atoms with Gasteiger partial charge in [0.2, 0.25) is 11.8 Å². The zero-order valence-corrected chi connectivity index (χ0v) is 19.6. The minimum atomic E-state index is -0.148. The summed E-state index contributed by atoms with van der Waals surface area (Å²) >= 11 is 0. The van der Waals surface area contributed by atoms with E-state index in [1.165, 1.54) is 19.3 Å². The zero-order valence-electron chi connectivity index (χ0n) is 19.6. The lowest BCUT2D eigenvalue weighted by atomic mass is 9.49. The minimum absolute atomic E-state index is 0.103. The molecule has 4 saturated carbocycles. The van der Waals surface area contributed by atoms with E-state index in [0.29, 0.717) is 50.2 Å². The van der Waals surface area contributed by atoms with Crippen molar-refractivity contribution < 1.29 is 14.1 Å². The van der Waals surface area contributed by atoms with Crippen LogP contribution in [0.15, 0.2) is 34.9 Å². The summed E-state index contributed by atoms with van der Waals surface area (Å²) in [5, 5.41) is 6.90. The summed E-state index contributed by atoms with van der Waals surface area (Å²) in [6.07, 6.45) is 7.90. The summed E-state index contributed by atoms with van der Waals surface area (Å²) in [5.74, 6) is 3.66. The first-order chi connectivity index (χ1) is 16.6. The van der Waals surface area contributed by atoms with Crippen LogP contribution in [-0.4, -0.2) is 58.1 Å². The van der Waals surface area contributed by atoms with Crippen LogP contribution in [-0.2, 0) is 17.8 Å². The molecular formula is C26H33N5O3. The van der Waals surface area contributed by atoms with E-state index in [0.717, 1.165) is 42.6 Å². The molecule has 0 unspecified atom stereocenters. The lowest BCUT2D eigenvalue weighted by molar-refractivity contribution is -0.159. The average Bonchev–Trinajstić information content (AvgIpc) is 3.29. The second kappa shape index (κ2) is 8.71. The summed E-state index contributed by atoms with van der Waals surface area (Å²) in [5.41, 5.74) is 1.01. The molecule has 1 aliphatic heterocycles. The Morgan fingerprint density at radius 1 is 0.941 bits per heavy atom. The van der Waals surface area contributed by atoms with Crippen LogP contribution in [0.2, 0.25) is 0 Å². The maximum Gasteiger partial charge on any atom is 0.317 e. The van der Waals surface area contributed by atoms with Crippen LogP contribution in [0.3, 0.4) is 0 Å². The van der Waals surface area contributed by atoms with Crippen molar-refractivity contribution in [2.75, 3.05) is 26.2 Å². The van der Waals surface area contributed by atoms with Gasteiger partial charge in [0.25, 0.3) is 0 Å². The Morgan fingerprint density at radius 3 is 2.21 bits per heavy atom. The van der Waals surface area contributed by atoms with Gasteiger partial charge in [0.15, 0.2) is 5.82 Å². The van der Waals surface area contributed by atoms with Crippen molar-refractivity contribution >= 4 is 11.9 Å². The molecule has 1 aromatic carbocycles. The predicted molar refractivity (Wildman–Crippen MR) is 125 cm³/mol. The lowest BCUT2D eigenvalue weighted by Gasteiger charge is -2.57. The van der Waals surface area contributed by atoms with Crippen LogP contribution < -0.4 is 5.32 Å². The number of hydrogen-bond acceptors (Lipinski definition) is 5. The van der Waals surface area contributed by atoms with E-state index in [1.54, 1.807) is 4.90 Å². The second-order valence-electron chi connectivity index (χ2n) is 10.9. The van der Waals surface area contributed by atoms with Gasteiger partial charge < -0.3 is 19.6 Å². The van der Waals surface area contributed by atoms with Crippen LogP contribution in [0.4, 0.5) is 4.79 Å². The molecule has 1 N–H and O–H groups in total. The third kappa shape index (κ3) is 4.18. The van der Waals surface area contributed by atoms with Gasteiger partial charge in [-0.15, -0.1) is 0 Å². The first-order valence-electron chi connectivity index (χ1n) is 12.7. The molecule has 3 amide bonds. The smallest absolute Gasteiger partial charge is 0.317 e. The van der Waals surface area contributed by atoms with Gasteiger partial charge in [0.05, 0.1) is 12.0 Å². The first kappa shape index (κ1) is 21.6. The molecule has 34 heavy (non-hydrogen) atoms. The van der Waals surface area contributed by atoms with E-state index < -0.39 is 0 Å². The summed E-state index contributed by atoms with van der Waals surface area (Å²) in [7, 11) is 0. The highest BCUT2D eigenvalue weighted by atomic mass is 16.5. The standard InChI is InChI=1S/C26H33N5O3/c32-24(26-14-19-10-20(15-26)12-21(11-19)16-26)30-6-8-31(9-7-30)25(33)27-17-23-28-22(29-34-23)13-18-4-2-1-3-5-18/h1-5,19-21H,6-17H2,(H,27,33). The number of carbonyl (C=O) groups is 2. The van der Waals surface area contributed by atoms with Crippen molar-refractivity contribution in [2.24, 2.45) is 23.2 Å². The summed E-state index contributed by atoms with van der Waals surface area (Å²) in [6, 6.07) is 9.82. The Morgan fingerprint density at radius 2 is 1.56 bits per heavy atom. The molecule has 0 radical (unpaired) electrons. The average molecular weight is 464 g/mol. The van der Waals surface area contributed by atoms with Crippen LogP contribution in [0.5, 0.6) is 0 Å². The van der Waals surface area contributed by atoms with Gasteiger partial charge in [0, 0.05) is 32.6 Å². The molecule has 5 fully saturated rings. The van der Waals surface area contributed by atoms with Crippen molar-refractivity contribution in [2.45, 2.75) is 51.5 Å². The molecule has 1 aromatic heterocycles. The van der Waals surface area contributed by atoms with E-state index in [1.807, 2.05) is 35.2 Å². The van der Waals surface area contributed by atoms with Crippen LogP contribution in [0.25, 0.3) is 0 Å². The minimum Gasteiger partial charge on any atom is -0.339 e. The number of carbonyl (C=O) groups excluding carboxylic acids is 2. The number of piperazine rings is 1. The Labute approximate surface area is 200 Å². The topological polar surface area (TPSA) is 91.6 Å². The molecule has 1 saturated heterocycles. The van der Waals surface area contributed by atoms with E-state index in [4.69, 9.17) is 4.52 Å². The fraction of sp³-hybridized carbons (Fsp3) is 0.615. The third-order valence-electron chi connectivity index (χ3n) is 8.45. The van der Waals surface area contributed by atoms with Gasteiger partial charge in [-0.1, -0.05) is 35.5 Å². The highest BCUT2D eigenvalue weighted by molar-refractivity contribution is 5.84. The molecule has 7 rings (SSSR count). The Hall–Kier alpha value is -2.90. The summed E-state index contributed by atoms with van der Waals surface area (Å²) in [6.45, 7) is 2.57. The number of nitrogens with one attached hydrogen (secondary N) is 1. The SMILES string of the molecule is O=C(NCc1nc(Cc2ccccc2)no1)N1CCN(C(=O)C23CC4CC(CC(C4)C2)C3)CC1. The van der Waals surface area contributed by atoms with Crippen molar-refractivity contribution in [1.82, 2.24) is 25.3 Å². The molecule has 180 valence electrons. The molecule has 8 nitrogen and oxygen atoms in total. The van der Waals surface area contributed by atoms with Crippen molar-refractivity contribution in [3.05, 3.63) is 47.6 Å². The van der Waals surface area contributed by atoms with Crippen molar-refractivity contribution in [3.63, 3.8) is 0 Å². The van der Waals surface area contributed by atoms with Crippen LogP contribution in [0, 0.1) is 23.2 Å². The first-order valence-corrected chi connectivity index (χ1v) is 12.7. The second-order valence-corrected chi connectivity index (χ2v) is 10.9. The molecule has 5 aliphatic rings. The largest absolute Gasteiger partial charge is 0.339 e. The zero-order chi connectivity index (χ0) is 23.1. The highest BCUT2D eigenvalue weighted by Gasteiger charge is 2.55. The number of amides is 3. The fourth-order valence-corrected chi connectivity index (χ4v) is 7.30. The molecule has 8 heteroatoms.